The predicted molar refractivity (Wildman–Crippen MR) is 263 cm³/mol. The normalized spacial score (nSPS) is 11.3. The smallest absolute Gasteiger partial charge is 0.164 e. The Hall–Kier alpha value is -8.00. The minimum absolute atomic E-state index is 0.616. The van der Waals surface area contributed by atoms with Gasteiger partial charge in [0.25, 0.3) is 0 Å². The van der Waals surface area contributed by atoms with Crippen LogP contribution in [0.2, 0.25) is 0 Å². The molecule has 0 spiro atoms. The monoisotopic (exact) mass is 840 g/mol. The Morgan fingerprint density at radius 3 is 1.17 bits per heavy atom. The average molecular weight is 841 g/mol. The summed E-state index contributed by atoms with van der Waals surface area (Å²) in [5, 5.41) is 2.44. The van der Waals surface area contributed by atoms with E-state index in [2.05, 4.69) is 172 Å². The third-order valence-electron chi connectivity index (χ3n) is 11.6. The lowest BCUT2D eigenvalue weighted by Crippen LogP contribution is -2.04. The molecule has 8 aromatic carbocycles. The van der Waals surface area contributed by atoms with E-state index in [4.69, 9.17) is 29.9 Å². The molecule has 0 aliphatic rings. The third kappa shape index (κ3) is 7.97. The van der Waals surface area contributed by atoms with Crippen LogP contribution in [-0.2, 0) is 6.42 Å². The van der Waals surface area contributed by atoms with Gasteiger partial charge < -0.3 is 0 Å². The van der Waals surface area contributed by atoms with Gasteiger partial charge in [-0.1, -0.05) is 169 Å². The van der Waals surface area contributed by atoms with Crippen LogP contribution in [0.15, 0.2) is 194 Å². The van der Waals surface area contributed by atoms with Crippen LogP contribution >= 0.6 is 11.3 Å². The molecule has 11 rings (SSSR count). The molecular weight excluding hydrogens is 801 g/mol. The van der Waals surface area contributed by atoms with Crippen LogP contribution in [0, 0.1) is 13.8 Å². The zero-order valence-electron chi connectivity index (χ0n) is 35.3. The predicted octanol–water partition coefficient (Wildman–Crippen LogP) is 14.3. The van der Waals surface area contributed by atoms with E-state index in [9.17, 15) is 0 Å². The van der Waals surface area contributed by atoms with Crippen molar-refractivity contribution in [2.45, 2.75) is 20.3 Å². The van der Waals surface area contributed by atoms with Gasteiger partial charge in [-0.15, -0.1) is 11.3 Å². The van der Waals surface area contributed by atoms with E-state index in [0.717, 1.165) is 61.5 Å². The minimum atomic E-state index is 0.616. The molecule has 7 heteroatoms. The second kappa shape index (κ2) is 16.7. The summed E-state index contributed by atoms with van der Waals surface area (Å²) in [7, 11) is 0. The van der Waals surface area contributed by atoms with E-state index in [1.165, 1.54) is 31.3 Å². The lowest BCUT2D eigenvalue weighted by atomic mass is 9.98. The highest BCUT2D eigenvalue weighted by atomic mass is 32.1. The molecule has 0 aliphatic carbocycles. The first kappa shape index (κ1) is 38.9. The number of aryl methyl sites for hydroxylation is 2. The molecule has 0 radical (unpaired) electrons. The maximum absolute atomic E-state index is 5.03. The summed E-state index contributed by atoms with van der Waals surface area (Å²) >= 11 is 1.82. The van der Waals surface area contributed by atoms with E-state index in [-0.39, 0.29) is 0 Å². The molecule has 0 atom stereocenters. The first-order valence-electron chi connectivity index (χ1n) is 21.4. The summed E-state index contributed by atoms with van der Waals surface area (Å²) < 4.78 is 2.49. The van der Waals surface area contributed by atoms with Crippen LogP contribution in [0.3, 0.4) is 0 Å². The van der Waals surface area contributed by atoms with Gasteiger partial charge in [-0.2, -0.15) is 0 Å². The largest absolute Gasteiger partial charge is 0.213 e. The van der Waals surface area contributed by atoms with Gasteiger partial charge >= 0.3 is 0 Å². The first-order valence-corrected chi connectivity index (χ1v) is 22.2. The Morgan fingerprint density at radius 1 is 0.312 bits per heavy atom. The second-order valence-electron chi connectivity index (χ2n) is 16.2. The summed E-state index contributed by atoms with van der Waals surface area (Å²) in [5.41, 5.74) is 12.7. The summed E-state index contributed by atoms with van der Waals surface area (Å²) in [6.45, 7) is 4.17. The molecule has 3 heterocycles. The fraction of sp³-hybridized carbons (Fsp3) is 0.0526. The quantitative estimate of drug-likeness (QED) is 0.144. The number of rotatable bonds is 9. The Bertz CT molecular complexity index is 3470. The van der Waals surface area contributed by atoms with Gasteiger partial charge in [-0.05, 0) is 78.1 Å². The van der Waals surface area contributed by atoms with Crippen molar-refractivity contribution >= 4 is 31.5 Å². The molecule has 64 heavy (non-hydrogen) atoms. The Balaban J connectivity index is 0.949. The molecule has 3 aromatic heterocycles. The number of aromatic nitrogens is 6. The maximum Gasteiger partial charge on any atom is 0.164 e. The molecule has 0 amide bonds. The molecule has 304 valence electrons. The van der Waals surface area contributed by atoms with E-state index in [0.29, 0.717) is 35.5 Å². The third-order valence-corrected chi connectivity index (χ3v) is 12.7. The highest BCUT2D eigenvalue weighted by molar-refractivity contribution is 7.25. The topological polar surface area (TPSA) is 77.3 Å². The Labute approximate surface area is 375 Å². The molecular formula is C57H40N6S. The number of thiophene rings is 1. The van der Waals surface area contributed by atoms with E-state index >= 15 is 0 Å². The molecule has 0 aliphatic heterocycles. The highest BCUT2D eigenvalue weighted by Crippen LogP contribution is 2.39. The van der Waals surface area contributed by atoms with Crippen LogP contribution < -0.4 is 0 Å². The summed E-state index contributed by atoms with van der Waals surface area (Å²) in [6.07, 6.45) is 0.616. The van der Waals surface area contributed by atoms with Gasteiger partial charge in [0.2, 0.25) is 0 Å². The van der Waals surface area contributed by atoms with Gasteiger partial charge in [-0.3, -0.25) is 0 Å². The average Bonchev–Trinajstić information content (AvgIpc) is 3.72. The molecule has 0 saturated carbocycles. The van der Waals surface area contributed by atoms with E-state index in [1.807, 2.05) is 47.7 Å². The number of hydrogen-bond donors (Lipinski definition) is 0. The summed E-state index contributed by atoms with van der Waals surface area (Å²) in [4.78, 5) is 30.0. The van der Waals surface area contributed by atoms with Crippen molar-refractivity contribution in [3.8, 4) is 79.2 Å². The van der Waals surface area contributed by atoms with Gasteiger partial charge in [0.1, 0.15) is 5.82 Å². The van der Waals surface area contributed by atoms with Crippen LogP contribution in [0.4, 0.5) is 0 Å². The Kier molecular flexibility index (Phi) is 10.1. The fourth-order valence-corrected chi connectivity index (χ4v) is 9.17. The molecule has 11 aromatic rings. The van der Waals surface area contributed by atoms with Gasteiger partial charge in [0.15, 0.2) is 29.1 Å². The number of nitrogens with zero attached hydrogens (tertiary/aromatic N) is 6. The van der Waals surface area contributed by atoms with Crippen molar-refractivity contribution in [1.29, 1.82) is 0 Å². The molecule has 0 unspecified atom stereocenters. The Morgan fingerprint density at radius 2 is 0.672 bits per heavy atom. The van der Waals surface area contributed by atoms with Crippen molar-refractivity contribution in [1.82, 2.24) is 29.9 Å². The van der Waals surface area contributed by atoms with Crippen molar-refractivity contribution < 1.29 is 0 Å². The van der Waals surface area contributed by atoms with Crippen LogP contribution in [0.5, 0.6) is 0 Å². The van der Waals surface area contributed by atoms with Gasteiger partial charge in [0.05, 0.1) is 0 Å². The second-order valence-corrected chi connectivity index (χ2v) is 17.2. The maximum atomic E-state index is 5.03. The molecule has 6 nitrogen and oxygen atoms in total. The summed E-state index contributed by atoms with van der Waals surface area (Å²) in [5.74, 6) is 4.00. The van der Waals surface area contributed by atoms with Crippen molar-refractivity contribution in [2.75, 3.05) is 0 Å². The summed E-state index contributed by atoms with van der Waals surface area (Å²) in [6, 6.07) is 67.8. The fourth-order valence-electron chi connectivity index (χ4n) is 8.10. The highest BCUT2D eigenvalue weighted by Gasteiger charge is 2.16. The zero-order valence-corrected chi connectivity index (χ0v) is 36.1. The number of fused-ring (bicyclic) bond motifs is 3. The van der Waals surface area contributed by atoms with Crippen molar-refractivity contribution in [3.63, 3.8) is 0 Å². The zero-order chi connectivity index (χ0) is 43.0. The minimum Gasteiger partial charge on any atom is -0.213 e. The first-order chi connectivity index (χ1) is 31.5. The molecule has 0 fully saturated rings. The van der Waals surface area contributed by atoms with Crippen LogP contribution in [0.25, 0.3) is 99.4 Å². The number of hydrogen-bond acceptors (Lipinski definition) is 7. The van der Waals surface area contributed by atoms with E-state index in [1.54, 1.807) is 0 Å². The SMILES string of the molecule is Cc1ccc(-c2nc(Cc3ccccc3)nc(-c3cccc(-c4ccc5sc6ccc(-c7cccc(-c8nc(-c9ccccc9)nc(-c9ccc(C)cc9)n8)c7)cc6c5c4)c3)n2)cc1. The van der Waals surface area contributed by atoms with Crippen molar-refractivity contribution in [2.24, 2.45) is 0 Å². The molecule has 0 saturated heterocycles. The molecule has 0 bridgehead atoms. The van der Waals surface area contributed by atoms with Gasteiger partial charge in [0, 0.05) is 54.4 Å². The number of benzene rings is 8. The van der Waals surface area contributed by atoms with Crippen LogP contribution in [-0.4, -0.2) is 29.9 Å². The van der Waals surface area contributed by atoms with Gasteiger partial charge in [-0.25, -0.2) is 29.9 Å². The van der Waals surface area contributed by atoms with E-state index < -0.39 is 0 Å². The van der Waals surface area contributed by atoms with Crippen LogP contribution in [0.1, 0.15) is 22.5 Å². The van der Waals surface area contributed by atoms with Crippen molar-refractivity contribution in [3.05, 3.63) is 217 Å². The standard InChI is InChI=1S/C57H40N6S/c1-36-19-23-40(24-20-36)53-58-52(31-38-11-5-3-6-12-38)59-56(60-53)46-17-9-15-42(32-46)44-27-29-50-48(34-44)49-35-45(28-30-51(49)64-50)43-16-10-18-47(33-43)57-62-54(39-13-7-4-8-14-39)61-55(63-57)41-25-21-37(2)22-26-41/h3-30,32-35H,31H2,1-2H3. The molecule has 0 N–H and O–H groups in total. The lowest BCUT2D eigenvalue weighted by Gasteiger charge is -2.10. The lowest BCUT2D eigenvalue weighted by molar-refractivity contribution is 0.932.